The number of nitrogens with one attached hydrogen (secondary N) is 1. The second kappa shape index (κ2) is 5.30. The lowest BCUT2D eigenvalue weighted by Gasteiger charge is -2.14. The molecule has 1 aromatic carbocycles. The fourth-order valence-electron chi connectivity index (χ4n) is 1.54. The number of nitrogens with zero attached hydrogens (tertiary/aromatic N) is 1. The Kier molecular flexibility index (Phi) is 4.23. The van der Waals surface area contributed by atoms with Crippen LogP contribution in [0.1, 0.15) is 6.92 Å². The zero-order valence-electron chi connectivity index (χ0n) is 9.88. The Morgan fingerprint density at radius 1 is 1.50 bits per heavy atom. The van der Waals surface area contributed by atoms with Crippen LogP contribution in [-0.2, 0) is 9.84 Å². The van der Waals surface area contributed by atoms with Crippen molar-refractivity contribution in [2.75, 3.05) is 17.3 Å². The summed E-state index contributed by atoms with van der Waals surface area (Å²) in [6, 6.07) is 2.56. The van der Waals surface area contributed by atoms with Crippen molar-refractivity contribution in [1.29, 1.82) is 0 Å². The quantitative estimate of drug-likeness (QED) is 0.651. The Bertz CT molecular complexity index is 559. The van der Waals surface area contributed by atoms with Gasteiger partial charge in [-0.25, -0.2) is 12.8 Å². The van der Waals surface area contributed by atoms with Gasteiger partial charge in [0.1, 0.15) is 21.3 Å². The fourth-order valence-corrected chi connectivity index (χ4v) is 2.53. The Labute approximate surface area is 104 Å². The van der Waals surface area contributed by atoms with Crippen LogP contribution in [0.15, 0.2) is 18.2 Å². The van der Waals surface area contributed by atoms with E-state index in [0.29, 0.717) is 0 Å². The second-order valence-corrected chi connectivity index (χ2v) is 6.24. The summed E-state index contributed by atoms with van der Waals surface area (Å²) in [5.74, 6) is -0.885. The summed E-state index contributed by atoms with van der Waals surface area (Å²) in [6.45, 7) is 1.58. The molecule has 1 atom stereocenters. The van der Waals surface area contributed by atoms with E-state index < -0.39 is 32.3 Å². The molecular weight excluding hydrogens is 263 g/mol. The van der Waals surface area contributed by atoms with E-state index in [1.165, 1.54) is 6.07 Å². The van der Waals surface area contributed by atoms with Gasteiger partial charge in [-0.15, -0.1) is 0 Å². The predicted octanol–water partition coefficient (Wildman–Crippen LogP) is 1.58. The first-order chi connectivity index (χ1) is 8.19. The van der Waals surface area contributed by atoms with E-state index >= 15 is 0 Å². The molecule has 0 fully saturated rings. The molecule has 0 saturated carbocycles. The van der Waals surface area contributed by atoms with E-state index in [-0.39, 0.29) is 11.4 Å². The van der Waals surface area contributed by atoms with Crippen LogP contribution in [0.5, 0.6) is 0 Å². The molecule has 0 saturated heterocycles. The minimum Gasteiger partial charge on any atom is -0.376 e. The summed E-state index contributed by atoms with van der Waals surface area (Å²) in [6.07, 6.45) is 1.07. The van der Waals surface area contributed by atoms with E-state index in [9.17, 15) is 22.9 Å². The molecule has 1 N–H and O–H groups in total. The number of hydrogen-bond acceptors (Lipinski definition) is 5. The van der Waals surface area contributed by atoms with Gasteiger partial charge in [0.05, 0.1) is 16.7 Å². The van der Waals surface area contributed by atoms with Gasteiger partial charge in [0, 0.05) is 12.3 Å². The summed E-state index contributed by atoms with van der Waals surface area (Å²) in [5, 5.41) is 13.4. The first-order valence-corrected chi connectivity index (χ1v) is 7.13. The highest BCUT2D eigenvalue weighted by Gasteiger charge is 2.18. The largest absolute Gasteiger partial charge is 0.376 e. The van der Waals surface area contributed by atoms with Crippen LogP contribution in [-0.4, -0.2) is 31.4 Å². The zero-order valence-corrected chi connectivity index (χ0v) is 10.7. The summed E-state index contributed by atoms with van der Waals surface area (Å²) in [4.78, 5) is 10.00. The molecule has 0 aliphatic carbocycles. The van der Waals surface area contributed by atoms with Crippen LogP contribution in [0.25, 0.3) is 0 Å². The highest BCUT2D eigenvalue weighted by Crippen LogP contribution is 2.25. The molecule has 6 nitrogen and oxygen atoms in total. The van der Waals surface area contributed by atoms with E-state index in [4.69, 9.17) is 0 Å². The molecule has 1 rings (SSSR count). The van der Waals surface area contributed by atoms with E-state index in [0.717, 1.165) is 18.4 Å². The van der Waals surface area contributed by atoms with Crippen molar-refractivity contribution >= 4 is 21.2 Å². The number of nitro benzene ring substituents is 1. The molecular formula is C10H13FN2O4S. The molecule has 0 spiro atoms. The maximum absolute atomic E-state index is 12.9. The second-order valence-electron chi connectivity index (χ2n) is 4.06. The number of halogens is 1. The number of rotatable bonds is 5. The standard InChI is InChI=1S/C10H13FN2O4S/c1-7(6-18(2,16)17)12-9-4-3-8(11)5-10(9)13(14)15/h3-5,7,12H,6H2,1-2H3. The van der Waals surface area contributed by atoms with Crippen molar-refractivity contribution in [3.05, 3.63) is 34.1 Å². The lowest BCUT2D eigenvalue weighted by Crippen LogP contribution is -2.25. The highest BCUT2D eigenvalue weighted by atomic mass is 32.2. The van der Waals surface area contributed by atoms with Gasteiger partial charge in [0.25, 0.3) is 5.69 Å². The van der Waals surface area contributed by atoms with Gasteiger partial charge in [0.2, 0.25) is 0 Å². The molecule has 0 aliphatic rings. The average Bonchev–Trinajstić information content (AvgIpc) is 2.17. The van der Waals surface area contributed by atoms with E-state index in [2.05, 4.69) is 5.32 Å². The van der Waals surface area contributed by atoms with Crippen LogP contribution in [0.4, 0.5) is 15.8 Å². The van der Waals surface area contributed by atoms with Gasteiger partial charge in [-0.3, -0.25) is 10.1 Å². The Morgan fingerprint density at radius 3 is 2.61 bits per heavy atom. The zero-order chi connectivity index (χ0) is 13.9. The molecule has 0 radical (unpaired) electrons. The number of hydrogen-bond donors (Lipinski definition) is 1. The molecule has 8 heteroatoms. The number of nitro groups is 1. The van der Waals surface area contributed by atoms with Crippen molar-refractivity contribution in [2.45, 2.75) is 13.0 Å². The minimum absolute atomic E-state index is 0.0950. The summed E-state index contributed by atoms with van der Waals surface area (Å²) >= 11 is 0. The SMILES string of the molecule is CC(CS(C)(=O)=O)Nc1ccc(F)cc1[N+](=O)[O-]. The van der Waals surface area contributed by atoms with Crippen molar-refractivity contribution < 1.29 is 17.7 Å². The molecule has 0 bridgehead atoms. The Morgan fingerprint density at radius 2 is 2.11 bits per heavy atom. The van der Waals surface area contributed by atoms with Crippen LogP contribution in [0.2, 0.25) is 0 Å². The summed E-state index contributed by atoms with van der Waals surface area (Å²) in [7, 11) is -3.19. The van der Waals surface area contributed by atoms with E-state index in [1.807, 2.05) is 0 Å². The van der Waals surface area contributed by atoms with Crippen molar-refractivity contribution in [3.63, 3.8) is 0 Å². The predicted molar refractivity (Wildman–Crippen MR) is 65.8 cm³/mol. The third-order valence-electron chi connectivity index (χ3n) is 2.11. The molecule has 100 valence electrons. The minimum atomic E-state index is -3.19. The van der Waals surface area contributed by atoms with Gasteiger partial charge >= 0.3 is 0 Å². The molecule has 0 heterocycles. The monoisotopic (exact) mass is 276 g/mol. The summed E-state index contributed by atoms with van der Waals surface area (Å²) < 4.78 is 35.0. The van der Waals surface area contributed by atoms with Crippen LogP contribution < -0.4 is 5.32 Å². The normalized spacial score (nSPS) is 13.1. The lowest BCUT2D eigenvalue weighted by atomic mass is 10.2. The maximum Gasteiger partial charge on any atom is 0.295 e. The van der Waals surface area contributed by atoms with Crippen molar-refractivity contribution in [2.24, 2.45) is 0 Å². The highest BCUT2D eigenvalue weighted by molar-refractivity contribution is 7.90. The third-order valence-corrected chi connectivity index (χ3v) is 3.22. The van der Waals surface area contributed by atoms with Gasteiger partial charge < -0.3 is 5.32 Å². The first kappa shape index (κ1) is 14.4. The Balaban J connectivity index is 2.94. The topological polar surface area (TPSA) is 89.3 Å². The number of anilines is 1. The first-order valence-electron chi connectivity index (χ1n) is 5.07. The average molecular weight is 276 g/mol. The van der Waals surface area contributed by atoms with Gasteiger partial charge in [-0.05, 0) is 19.1 Å². The van der Waals surface area contributed by atoms with Gasteiger partial charge in [-0.1, -0.05) is 0 Å². The van der Waals surface area contributed by atoms with E-state index in [1.54, 1.807) is 6.92 Å². The van der Waals surface area contributed by atoms with Crippen LogP contribution in [0.3, 0.4) is 0 Å². The molecule has 0 aromatic heterocycles. The number of benzene rings is 1. The van der Waals surface area contributed by atoms with Crippen LogP contribution in [0, 0.1) is 15.9 Å². The number of sulfone groups is 1. The maximum atomic E-state index is 12.9. The molecule has 1 aromatic rings. The molecule has 0 aliphatic heterocycles. The van der Waals surface area contributed by atoms with Crippen LogP contribution >= 0.6 is 0 Å². The van der Waals surface area contributed by atoms with Gasteiger partial charge in [0.15, 0.2) is 0 Å². The fraction of sp³-hybridized carbons (Fsp3) is 0.400. The molecule has 18 heavy (non-hydrogen) atoms. The molecule has 1 unspecified atom stereocenters. The van der Waals surface area contributed by atoms with Crippen molar-refractivity contribution in [3.8, 4) is 0 Å². The molecule has 0 amide bonds. The van der Waals surface area contributed by atoms with Crippen molar-refractivity contribution in [1.82, 2.24) is 0 Å². The third kappa shape index (κ3) is 4.28. The van der Waals surface area contributed by atoms with Gasteiger partial charge in [-0.2, -0.15) is 0 Å². The smallest absolute Gasteiger partial charge is 0.295 e. The lowest BCUT2D eigenvalue weighted by molar-refractivity contribution is -0.384. The summed E-state index contributed by atoms with van der Waals surface area (Å²) in [5.41, 5.74) is -0.326. The Hall–Kier alpha value is -1.70.